The third kappa shape index (κ3) is 7.52. The van der Waals surface area contributed by atoms with Crippen LogP contribution in [0.15, 0.2) is 78.8 Å². The van der Waals surface area contributed by atoms with Crippen LogP contribution in [0.2, 0.25) is 0 Å². The quantitative estimate of drug-likeness (QED) is 0.216. The summed E-state index contributed by atoms with van der Waals surface area (Å²) in [6.07, 6.45) is 1.38. The zero-order valence-electron chi connectivity index (χ0n) is 23.4. The number of nitrogens with zero attached hydrogens (tertiary/aromatic N) is 2. The van der Waals surface area contributed by atoms with Crippen molar-refractivity contribution in [2.24, 2.45) is 0 Å². The Balaban J connectivity index is 2.25. The molecule has 3 rings (SSSR count). The van der Waals surface area contributed by atoms with Crippen molar-refractivity contribution < 1.29 is 42.5 Å². The molecule has 3 amide bonds. The van der Waals surface area contributed by atoms with Gasteiger partial charge in [0.1, 0.15) is 29.6 Å². The van der Waals surface area contributed by atoms with Crippen LogP contribution in [0.5, 0.6) is 5.75 Å². The Morgan fingerprint density at radius 2 is 1.70 bits per heavy atom. The van der Waals surface area contributed by atoms with E-state index in [1.807, 2.05) is 0 Å². The molecule has 0 spiro atoms. The molecule has 1 heterocycles. The van der Waals surface area contributed by atoms with E-state index in [9.17, 15) is 42.6 Å². The van der Waals surface area contributed by atoms with Gasteiger partial charge in [-0.15, -0.1) is 13.2 Å². The zero-order valence-corrected chi connectivity index (χ0v) is 23.4. The van der Waals surface area contributed by atoms with Crippen molar-refractivity contribution in [2.45, 2.75) is 32.2 Å². The highest BCUT2D eigenvalue weighted by Crippen LogP contribution is 2.21. The van der Waals surface area contributed by atoms with Crippen LogP contribution in [0.3, 0.4) is 0 Å². The maximum Gasteiger partial charge on any atom is 0.427 e. The number of carbonyl (C=O) groups excluding carboxylic acids is 2. The fraction of sp³-hybridized carbons (Fsp3) is 0.200. The fourth-order valence-corrected chi connectivity index (χ4v) is 3.97. The van der Waals surface area contributed by atoms with Crippen LogP contribution in [-0.2, 0) is 13.2 Å². The van der Waals surface area contributed by atoms with Crippen molar-refractivity contribution >= 4 is 17.9 Å². The van der Waals surface area contributed by atoms with E-state index in [0.717, 1.165) is 6.08 Å². The van der Waals surface area contributed by atoms with Gasteiger partial charge in [-0.1, -0.05) is 42.5 Å². The average molecular weight is 615 g/mol. The number of carboxylic acid groups (broad SMARTS) is 1. The number of pyridine rings is 1. The maximum absolute atomic E-state index is 14.2. The van der Waals surface area contributed by atoms with Crippen LogP contribution in [0, 0.1) is 17.5 Å². The van der Waals surface area contributed by atoms with Gasteiger partial charge in [0.05, 0.1) is 12.6 Å². The number of hydrogen-bond donors (Lipinski definition) is 4. The van der Waals surface area contributed by atoms with Gasteiger partial charge in [0.15, 0.2) is 11.4 Å². The zero-order chi connectivity index (χ0) is 32.6. The lowest BCUT2D eigenvalue weighted by Gasteiger charge is -2.31. The number of benzene rings is 2. The second-order valence-corrected chi connectivity index (χ2v) is 9.31. The Morgan fingerprint density at radius 3 is 2.25 bits per heavy atom. The third-order valence-corrected chi connectivity index (χ3v) is 6.28. The molecule has 232 valence electrons. The first kappa shape index (κ1) is 33.1. The summed E-state index contributed by atoms with van der Waals surface area (Å²) in [6.45, 7) is 6.65. The Bertz CT molecular complexity index is 1610. The van der Waals surface area contributed by atoms with Crippen LogP contribution in [0.25, 0.3) is 0 Å². The topological polar surface area (TPSA) is 150 Å². The van der Waals surface area contributed by atoms with Crippen molar-refractivity contribution in [3.05, 3.63) is 124 Å². The van der Waals surface area contributed by atoms with Gasteiger partial charge in [-0.3, -0.25) is 14.4 Å². The van der Waals surface area contributed by atoms with E-state index in [2.05, 4.69) is 23.8 Å². The first-order chi connectivity index (χ1) is 20.9. The van der Waals surface area contributed by atoms with Gasteiger partial charge in [0, 0.05) is 36.5 Å². The minimum Gasteiger partial charge on any atom is -0.482 e. The number of nitrogens with one attached hydrogen (secondary N) is 2. The number of hydrogen-bond acceptors (Lipinski definition) is 6. The predicted octanol–water partition coefficient (Wildman–Crippen LogP) is 3.24. The van der Waals surface area contributed by atoms with E-state index in [1.165, 1.54) is 6.08 Å². The molecule has 3 aromatic rings. The van der Waals surface area contributed by atoms with Gasteiger partial charge in [0.25, 0.3) is 11.8 Å². The van der Waals surface area contributed by atoms with Crippen LogP contribution >= 0.6 is 0 Å². The largest absolute Gasteiger partial charge is 0.482 e. The van der Waals surface area contributed by atoms with Crippen LogP contribution in [-0.4, -0.2) is 51.5 Å². The van der Waals surface area contributed by atoms with Crippen molar-refractivity contribution in [3.8, 4) is 5.75 Å². The van der Waals surface area contributed by atoms with Crippen molar-refractivity contribution in [1.29, 1.82) is 0 Å². The highest BCUT2D eigenvalue weighted by molar-refractivity contribution is 5.99. The van der Waals surface area contributed by atoms with E-state index in [4.69, 9.17) is 4.74 Å². The normalized spacial score (nSPS) is 12.0. The summed E-state index contributed by atoms with van der Waals surface area (Å²) in [5.74, 6) is -6.79. The minimum absolute atomic E-state index is 0.303. The van der Waals surface area contributed by atoms with E-state index < -0.39 is 88.6 Å². The second-order valence-electron chi connectivity index (χ2n) is 9.31. The van der Waals surface area contributed by atoms with Crippen LogP contribution < -0.4 is 25.8 Å². The van der Waals surface area contributed by atoms with Gasteiger partial charge in [-0.05, 0) is 12.5 Å². The number of aromatic nitrogens is 1. The molecule has 0 bridgehead atoms. The van der Waals surface area contributed by atoms with Crippen LogP contribution in [0.4, 0.5) is 18.0 Å². The number of ether oxygens (including phenoxy) is 1. The van der Waals surface area contributed by atoms with Gasteiger partial charge in [-0.2, -0.15) is 0 Å². The number of halogens is 3. The van der Waals surface area contributed by atoms with Gasteiger partial charge in [0.2, 0.25) is 5.43 Å². The standard InChI is InChI=1S/C30H29F3N4O7/c1-4-17(3)35-29(41)25-27(44-16-18-9-7-6-8-10-18)26(39)22(14-36(25)37(30(42)43)20(5-2)15-38)28(40)34-13-21-23(32)11-19(31)12-24(21)33/h4-12,14,17,20,38H,1-2,13,15-16H2,3H3,(H,34,40)(H,35,41)(H,42,43)/t17-,20-/m0/s1. The van der Waals surface area contributed by atoms with E-state index in [-0.39, 0.29) is 6.61 Å². The summed E-state index contributed by atoms with van der Waals surface area (Å²) in [6, 6.07) is 7.10. The van der Waals surface area contributed by atoms with E-state index >= 15 is 0 Å². The number of rotatable bonds is 13. The molecule has 2 atom stereocenters. The van der Waals surface area contributed by atoms with E-state index in [1.54, 1.807) is 37.3 Å². The Kier molecular flexibility index (Phi) is 11.1. The van der Waals surface area contributed by atoms with Crippen molar-refractivity contribution in [3.63, 3.8) is 0 Å². The molecule has 0 fully saturated rings. The molecule has 0 aliphatic carbocycles. The summed E-state index contributed by atoms with van der Waals surface area (Å²) in [4.78, 5) is 53.0. The highest BCUT2D eigenvalue weighted by atomic mass is 19.1. The van der Waals surface area contributed by atoms with E-state index in [0.29, 0.717) is 33.6 Å². The molecule has 0 unspecified atom stereocenters. The molecule has 44 heavy (non-hydrogen) atoms. The van der Waals surface area contributed by atoms with Gasteiger partial charge < -0.3 is 25.6 Å². The monoisotopic (exact) mass is 614 g/mol. The smallest absolute Gasteiger partial charge is 0.427 e. The molecule has 0 saturated heterocycles. The molecule has 0 aliphatic heterocycles. The van der Waals surface area contributed by atoms with Crippen LogP contribution in [0.1, 0.15) is 38.9 Å². The van der Waals surface area contributed by atoms with Crippen molar-refractivity contribution in [2.75, 3.05) is 11.6 Å². The minimum atomic E-state index is -1.73. The number of aliphatic hydroxyl groups is 1. The molecule has 0 radical (unpaired) electrons. The lowest BCUT2D eigenvalue weighted by molar-refractivity contribution is 0.0917. The summed E-state index contributed by atoms with van der Waals surface area (Å²) in [5.41, 5.74) is -2.80. The molecule has 14 heteroatoms. The van der Waals surface area contributed by atoms with Gasteiger partial charge >= 0.3 is 6.09 Å². The SMILES string of the molecule is C=C[C@H](C)NC(=O)c1c(OCc2ccccc2)c(=O)c(C(=O)NCc2c(F)cc(F)cc2F)cn1N(C(=O)O)[C@@H](C=C)CO. The second kappa shape index (κ2) is 14.7. The summed E-state index contributed by atoms with van der Waals surface area (Å²) in [5, 5.41) is 25.1. The molecule has 11 nitrogen and oxygen atoms in total. The summed E-state index contributed by atoms with van der Waals surface area (Å²) < 4.78 is 48.1. The summed E-state index contributed by atoms with van der Waals surface area (Å²) >= 11 is 0. The number of aliphatic hydroxyl groups excluding tert-OH is 1. The lowest BCUT2D eigenvalue weighted by atomic mass is 10.1. The Morgan fingerprint density at radius 1 is 1.07 bits per heavy atom. The first-order valence-corrected chi connectivity index (χ1v) is 13.0. The Labute approximate surface area is 249 Å². The first-order valence-electron chi connectivity index (χ1n) is 13.0. The molecule has 0 aliphatic rings. The molecular formula is C30H29F3N4O7. The number of carbonyl (C=O) groups is 3. The predicted molar refractivity (Wildman–Crippen MR) is 153 cm³/mol. The molecule has 2 aromatic carbocycles. The lowest BCUT2D eigenvalue weighted by Crippen LogP contribution is -2.52. The molecule has 0 saturated carbocycles. The molecule has 4 N–H and O–H groups in total. The maximum atomic E-state index is 14.2. The highest BCUT2D eigenvalue weighted by Gasteiger charge is 2.33. The third-order valence-electron chi connectivity index (χ3n) is 6.28. The average Bonchev–Trinajstić information content (AvgIpc) is 2.98. The summed E-state index contributed by atoms with van der Waals surface area (Å²) in [7, 11) is 0. The Hall–Kier alpha value is -5.37. The van der Waals surface area contributed by atoms with Gasteiger partial charge in [-0.25, -0.2) is 27.7 Å². The molecule has 1 aromatic heterocycles. The fourth-order valence-electron chi connectivity index (χ4n) is 3.97. The number of amides is 3. The van der Waals surface area contributed by atoms with Crippen molar-refractivity contribution in [1.82, 2.24) is 15.3 Å². The molecular weight excluding hydrogens is 585 g/mol.